The lowest BCUT2D eigenvalue weighted by Gasteiger charge is -2.01. The second kappa shape index (κ2) is 6.21. The average Bonchev–Trinajstić information content (AvgIpc) is 2.71. The molecule has 1 heterocycles. The zero-order valence-corrected chi connectivity index (χ0v) is 13.5. The molecule has 0 saturated carbocycles. The Hall–Kier alpha value is -1.63. The van der Waals surface area contributed by atoms with Crippen LogP contribution in [0, 0.1) is 10.5 Å². The Labute approximate surface area is 130 Å². The molecule has 0 fully saturated rings. The van der Waals surface area contributed by atoms with Crippen LogP contribution in [0.4, 0.5) is 0 Å². The normalized spacial score (nSPS) is 11.2. The summed E-state index contributed by atoms with van der Waals surface area (Å²) in [5.41, 5.74) is 1.11. The van der Waals surface area contributed by atoms with Crippen LogP contribution in [-0.4, -0.2) is 15.6 Å². The summed E-state index contributed by atoms with van der Waals surface area (Å²) >= 11 is 2.10. The van der Waals surface area contributed by atoms with Gasteiger partial charge in [0.1, 0.15) is 5.56 Å². The number of aromatic amines is 1. The van der Waals surface area contributed by atoms with Crippen LogP contribution in [0.1, 0.15) is 28.5 Å². The first kappa shape index (κ1) is 14.8. The third-order valence-corrected chi connectivity index (χ3v) is 3.95. The van der Waals surface area contributed by atoms with Crippen LogP contribution in [0.3, 0.4) is 0 Å². The molecule has 0 radical (unpaired) electrons. The van der Waals surface area contributed by atoms with E-state index in [-0.39, 0.29) is 16.9 Å². The van der Waals surface area contributed by atoms with Crippen LogP contribution < -0.4 is 5.56 Å². The monoisotopic (exact) mass is 382 g/mol. The lowest BCUT2D eigenvalue weighted by atomic mass is 10.0. The van der Waals surface area contributed by atoms with E-state index in [0.29, 0.717) is 17.8 Å². The molecule has 0 bridgehead atoms. The van der Waals surface area contributed by atoms with Crippen LogP contribution >= 0.6 is 22.6 Å². The highest BCUT2D eigenvalue weighted by atomic mass is 127. The largest absolute Gasteiger partial charge is 0.299 e. The third kappa shape index (κ3) is 2.77. The Kier molecular flexibility index (Phi) is 4.59. The molecule has 1 aromatic heterocycles. The predicted octanol–water partition coefficient (Wildman–Crippen LogP) is 2.90. The van der Waals surface area contributed by atoms with Crippen LogP contribution in [0.15, 0.2) is 41.2 Å². The molecular weight excluding hydrogens is 367 g/mol. The molecule has 0 aliphatic heterocycles. The van der Waals surface area contributed by atoms with Gasteiger partial charge in [-0.15, -0.1) is 0 Å². The molecule has 2 rings (SSSR count). The Morgan fingerprint density at radius 3 is 2.75 bits per heavy atom. The minimum absolute atomic E-state index is 0.221. The van der Waals surface area contributed by atoms with Gasteiger partial charge < -0.3 is 0 Å². The molecule has 0 atom stereocenters. The summed E-state index contributed by atoms with van der Waals surface area (Å²) in [6, 6.07) is 7.27. The van der Waals surface area contributed by atoms with Crippen molar-refractivity contribution >= 4 is 28.4 Å². The molecule has 0 amide bonds. The first-order chi connectivity index (χ1) is 9.56. The SMILES string of the molecule is C/C=C/Cn1[nH]c(C)c(C(=O)c2ccccc2I)c1=O. The minimum atomic E-state index is -0.273. The number of ketones is 1. The van der Waals surface area contributed by atoms with Gasteiger partial charge >= 0.3 is 0 Å². The number of rotatable bonds is 4. The second-order valence-electron chi connectivity index (χ2n) is 4.41. The predicted molar refractivity (Wildman–Crippen MR) is 87.2 cm³/mol. The van der Waals surface area contributed by atoms with Gasteiger partial charge in [-0.3, -0.25) is 14.7 Å². The number of hydrogen-bond acceptors (Lipinski definition) is 2. The number of carbonyl (C=O) groups is 1. The molecule has 20 heavy (non-hydrogen) atoms. The zero-order valence-electron chi connectivity index (χ0n) is 11.3. The van der Waals surface area contributed by atoms with Gasteiger partial charge in [-0.05, 0) is 48.6 Å². The smallest absolute Gasteiger partial charge is 0.278 e. The van der Waals surface area contributed by atoms with Gasteiger partial charge in [0.15, 0.2) is 0 Å². The molecule has 2 aromatic rings. The van der Waals surface area contributed by atoms with Crippen molar-refractivity contribution in [2.75, 3.05) is 0 Å². The maximum absolute atomic E-state index is 12.5. The number of halogens is 1. The fraction of sp³-hybridized carbons (Fsp3) is 0.200. The number of carbonyl (C=O) groups excluding carboxylic acids is 1. The van der Waals surface area contributed by atoms with E-state index < -0.39 is 0 Å². The Morgan fingerprint density at radius 2 is 2.10 bits per heavy atom. The fourth-order valence-electron chi connectivity index (χ4n) is 1.99. The van der Waals surface area contributed by atoms with Crippen molar-refractivity contribution in [2.24, 2.45) is 0 Å². The Morgan fingerprint density at radius 1 is 1.40 bits per heavy atom. The summed E-state index contributed by atoms with van der Waals surface area (Å²) in [5, 5.41) is 2.95. The van der Waals surface area contributed by atoms with E-state index >= 15 is 0 Å². The van der Waals surface area contributed by atoms with Gasteiger partial charge in [0.2, 0.25) is 5.78 Å². The first-order valence-corrected chi connectivity index (χ1v) is 7.34. The maximum Gasteiger partial charge on any atom is 0.278 e. The number of nitrogens with zero attached hydrogens (tertiary/aromatic N) is 1. The van der Waals surface area contributed by atoms with E-state index in [1.54, 1.807) is 19.1 Å². The zero-order chi connectivity index (χ0) is 14.7. The van der Waals surface area contributed by atoms with Crippen molar-refractivity contribution in [1.29, 1.82) is 0 Å². The minimum Gasteiger partial charge on any atom is -0.299 e. The van der Waals surface area contributed by atoms with Gasteiger partial charge in [-0.2, -0.15) is 0 Å². The molecule has 0 aliphatic carbocycles. The first-order valence-electron chi connectivity index (χ1n) is 6.26. The van der Waals surface area contributed by atoms with E-state index in [2.05, 4.69) is 27.7 Å². The average molecular weight is 382 g/mol. The van der Waals surface area contributed by atoms with Crippen molar-refractivity contribution in [2.45, 2.75) is 20.4 Å². The molecule has 0 spiro atoms. The molecule has 104 valence electrons. The van der Waals surface area contributed by atoms with Crippen LogP contribution in [0.2, 0.25) is 0 Å². The summed E-state index contributed by atoms with van der Waals surface area (Å²) < 4.78 is 2.29. The summed E-state index contributed by atoms with van der Waals surface area (Å²) in [4.78, 5) is 24.8. The van der Waals surface area contributed by atoms with Gasteiger partial charge in [0, 0.05) is 14.8 Å². The topological polar surface area (TPSA) is 54.9 Å². The number of aryl methyl sites for hydroxylation is 1. The Bertz CT molecular complexity index is 726. The van der Waals surface area contributed by atoms with Crippen molar-refractivity contribution in [1.82, 2.24) is 9.78 Å². The number of aromatic nitrogens is 2. The molecule has 4 nitrogen and oxygen atoms in total. The number of nitrogens with one attached hydrogen (secondary N) is 1. The highest BCUT2D eigenvalue weighted by molar-refractivity contribution is 14.1. The summed E-state index contributed by atoms with van der Waals surface area (Å²) in [5.74, 6) is -0.229. The lowest BCUT2D eigenvalue weighted by molar-refractivity contribution is 0.103. The summed E-state index contributed by atoms with van der Waals surface area (Å²) in [6.07, 6.45) is 3.72. The van der Waals surface area contributed by atoms with Crippen molar-refractivity contribution < 1.29 is 4.79 Å². The van der Waals surface area contributed by atoms with E-state index in [1.807, 2.05) is 31.2 Å². The molecular formula is C15H15IN2O2. The van der Waals surface area contributed by atoms with E-state index in [9.17, 15) is 9.59 Å². The molecule has 5 heteroatoms. The van der Waals surface area contributed by atoms with Crippen molar-refractivity contribution in [3.8, 4) is 0 Å². The van der Waals surface area contributed by atoms with Gasteiger partial charge in [0.25, 0.3) is 5.56 Å². The van der Waals surface area contributed by atoms with Gasteiger partial charge in [-0.1, -0.05) is 24.3 Å². The summed E-state index contributed by atoms with van der Waals surface area (Å²) in [6.45, 7) is 4.07. The second-order valence-corrected chi connectivity index (χ2v) is 5.57. The van der Waals surface area contributed by atoms with Gasteiger partial charge in [-0.25, -0.2) is 4.68 Å². The number of benzene rings is 1. The third-order valence-electron chi connectivity index (χ3n) is 3.01. The molecule has 0 unspecified atom stereocenters. The van der Waals surface area contributed by atoms with E-state index in [1.165, 1.54) is 4.68 Å². The number of allylic oxidation sites excluding steroid dienone is 2. The highest BCUT2D eigenvalue weighted by Gasteiger charge is 2.21. The quantitative estimate of drug-likeness (QED) is 0.502. The van der Waals surface area contributed by atoms with E-state index in [0.717, 1.165) is 3.57 Å². The standard InChI is InChI=1S/C15H15IN2O2/c1-3-4-9-18-15(20)13(10(2)17-18)14(19)11-7-5-6-8-12(11)16/h3-8,17H,9H2,1-2H3/b4-3+. The molecule has 0 aliphatic rings. The number of H-pyrrole nitrogens is 1. The molecule has 1 aromatic carbocycles. The fourth-order valence-corrected chi connectivity index (χ4v) is 2.62. The van der Waals surface area contributed by atoms with Crippen molar-refractivity contribution in [3.63, 3.8) is 0 Å². The van der Waals surface area contributed by atoms with E-state index in [4.69, 9.17) is 0 Å². The van der Waals surface area contributed by atoms with Crippen LogP contribution in [0.5, 0.6) is 0 Å². The highest BCUT2D eigenvalue weighted by Crippen LogP contribution is 2.16. The van der Waals surface area contributed by atoms with Gasteiger partial charge in [0.05, 0.1) is 6.54 Å². The molecule has 1 N–H and O–H groups in total. The lowest BCUT2D eigenvalue weighted by Crippen LogP contribution is -2.22. The molecule has 0 saturated heterocycles. The summed E-state index contributed by atoms with van der Waals surface area (Å²) in [7, 11) is 0. The number of hydrogen-bond donors (Lipinski definition) is 1. The van der Waals surface area contributed by atoms with Crippen LogP contribution in [-0.2, 0) is 6.54 Å². The maximum atomic E-state index is 12.5. The Balaban J connectivity index is 2.48. The van der Waals surface area contributed by atoms with Crippen LogP contribution in [0.25, 0.3) is 0 Å². The van der Waals surface area contributed by atoms with Crippen molar-refractivity contribution in [3.05, 3.63) is 67.2 Å².